The summed E-state index contributed by atoms with van der Waals surface area (Å²) >= 11 is 0. The van der Waals surface area contributed by atoms with Crippen molar-refractivity contribution in [1.29, 1.82) is 0 Å². The van der Waals surface area contributed by atoms with E-state index in [0.717, 1.165) is 11.1 Å². The zero-order chi connectivity index (χ0) is 21.0. The lowest BCUT2D eigenvalue weighted by molar-refractivity contribution is 0.0732. The maximum Gasteiger partial charge on any atom is 0.343 e. The summed E-state index contributed by atoms with van der Waals surface area (Å²) in [5.74, 6) is -1.21. The molecule has 0 fully saturated rings. The minimum absolute atomic E-state index is 0.0391. The van der Waals surface area contributed by atoms with Gasteiger partial charge in [-0.3, -0.25) is 4.79 Å². The Bertz CT molecular complexity index is 1060. The van der Waals surface area contributed by atoms with Crippen molar-refractivity contribution in [2.75, 3.05) is 0 Å². The zero-order valence-corrected chi connectivity index (χ0v) is 16.4. The lowest BCUT2D eigenvalue weighted by Crippen LogP contribution is -2.12. The molecule has 0 saturated carbocycles. The SMILES string of the molecule is CC(=O)c1ccc(OC(=O)c2ccc(C)cc2)cc1OC(=O)c1ccc(C)cc1. The molecule has 0 aromatic heterocycles. The summed E-state index contributed by atoms with van der Waals surface area (Å²) < 4.78 is 10.8. The molecular weight excluding hydrogens is 368 g/mol. The summed E-state index contributed by atoms with van der Waals surface area (Å²) in [6.45, 7) is 5.20. The van der Waals surface area contributed by atoms with E-state index >= 15 is 0 Å². The van der Waals surface area contributed by atoms with Gasteiger partial charge in [0.15, 0.2) is 5.78 Å². The molecule has 0 saturated heterocycles. The molecule has 5 nitrogen and oxygen atoms in total. The van der Waals surface area contributed by atoms with Crippen molar-refractivity contribution in [2.24, 2.45) is 0 Å². The number of hydrogen-bond donors (Lipinski definition) is 0. The monoisotopic (exact) mass is 388 g/mol. The van der Waals surface area contributed by atoms with Crippen molar-refractivity contribution < 1.29 is 23.9 Å². The Balaban J connectivity index is 1.84. The van der Waals surface area contributed by atoms with E-state index in [1.807, 2.05) is 26.0 Å². The van der Waals surface area contributed by atoms with Gasteiger partial charge in [0.25, 0.3) is 0 Å². The van der Waals surface area contributed by atoms with Crippen molar-refractivity contribution >= 4 is 17.7 Å². The minimum Gasteiger partial charge on any atom is -0.423 e. The van der Waals surface area contributed by atoms with Crippen LogP contribution < -0.4 is 9.47 Å². The average molecular weight is 388 g/mol. The predicted molar refractivity (Wildman–Crippen MR) is 109 cm³/mol. The lowest BCUT2D eigenvalue weighted by atomic mass is 10.1. The van der Waals surface area contributed by atoms with Gasteiger partial charge in [-0.25, -0.2) is 9.59 Å². The van der Waals surface area contributed by atoms with E-state index in [1.165, 1.54) is 25.1 Å². The van der Waals surface area contributed by atoms with E-state index in [0.29, 0.717) is 11.1 Å². The number of carbonyl (C=O) groups excluding carboxylic acids is 3. The topological polar surface area (TPSA) is 69.7 Å². The van der Waals surface area contributed by atoms with Crippen LogP contribution in [0.15, 0.2) is 66.7 Å². The molecule has 0 aliphatic carbocycles. The van der Waals surface area contributed by atoms with Gasteiger partial charge >= 0.3 is 11.9 Å². The first-order chi connectivity index (χ1) is 13.8. The van der Waals surface area contributed by atoms with E-state index in [2.05, 4.69) is 0 Å². The smallest absolute Gasteiger partial charge is 0.343 e. The molecule has 0 radical (unpaired) electrons. The molecule has 5 heteroatoms. The fourth-order valence-electron chi connectivity index (χ4n) is 2.65. The summed E-state index contributed by atoms with van der Waals surface area (Å²) in [7, 11) is 0. The Morgan fingerprint density at radius 1 is 0.655 bits per heavy atom. The highest BCUT2D eigenvalue weighted by Crippen LogP contribution is 2.27. The fraction of sp³-hybridized carbons (Fsp3) is 0.125. The first-order valence-corrected chi connectivity index (χ1v) is 9.06. The van der Waals surface area contributed by atoms with Crippen LogP contribution in [0.25, 0.3) is 0 Å². The van der Waals surface area contributed by atoms with Gasteiger partial charge in [0.05, 0.1) is 16.7 Å². The standard InChI is InChI=1S/C24H20O5/c1-15-4-8-18(9-5-15)23(26)28-20-12-13-21(17(3)25)22(14-20)29-24(27)19-10-6-16(2)7-11-19/h4-14H,1-3H3. The number of carbonyl (C=O) groups is 3. The van der Waals surface area contributed by atoms with Crippen molar-refractivity contribution in [3.05, 3.63) is 94.5 Å². The van der Waals surface area contributed by atoms with Gasteiger partial charge < -0.3 is 9.47 Å². The summed E-state index contributed by atoms with van der Waals surface area (Å²) in [4.78, 5) is 36.7. The first-order valence-electron chi connectivity index (χ1n) is 9.06. The maximum atomic E-state index is 12.4. The van der Waals surface area contributed by atoms with Crippen LogP contribution in [-0.2, 0) is 0 Å². The number of benzene rings is 3. The summed E-state index contributed by atoms with van der Waals surface area (Å²) in [5.41, 5.74) is 3.01. The second-order valence-electron chi connectivity index (χ2n) is 6.73. The molecule has 0 heterocycles. The number of ketones is 1. The van der Waals surface area contributed by atoms with Crippen LogP contribution in [0, 0.1) is 13.8 Å². The molecule has 3 aromatic carbocycles. The maximum absolute atomic E-state index is 12.4. The number of aryl methyl sites for hydroxylation is 2. The van der Waals surface area contributed by atoms with E-state index in [9.17, 15) is 14.4 Å². The third-order valence-electron chi connectivity index (χ3n) is 4.32. The lowest BCUT2D eigenvalue weighted by Gasteiger charge is -2.11. The highest BCUT2D eigenvalue weighted by molar-refractivity contribution is 5.99. The Labute approximate surface area is 168 Å². The number of hydrogen-bond acceptors (Lipinski definition) is 5. The van der Waals surface area contributed by atoms with Gasteiger partial charge in [-0.15, -0.1) is 0 Å². The van der Waals surface area contributed by atoms with Gasteiger partial charge in [0, 0.05) is 6.07 Å². The molecule has 0 bridgehead atoms. The van der Waals surface area contributed by atoms with Gasteiger partial charge in [-0.05, 0) is 57.2 Å². The van der Waals surface area contributed by atoms with E-state index < -0.39 is 11.9 Å². The van der Waals surface area contributed by atoms with E-state index in [4.69, 9.17) is 9.47 Å². The van der Waals surface area contributed by atoms with Crippen LogP contribution in [-0.4, -0.2) is 17.7 Å². The molecule has 29 heavy (non-hydrogen) atoms. The number of rotatable bonds is 5. The molecule has 0 aliphatic heterocycles. The number of Topliss-reactive ketones (excluding diaryl/α,β-unsaturated/α-hetero) is 1. The summed E-state index contributed by atoms with van der Waals surface area (Å²) in [5, 5.41) is 0. The van der Waals surface area contributed by atoms with Gasteiger partial charge in [0.1, 0.15) is 11.5 Å². The molecule has 3 rings (SSSR count). The van der Waals surface area contributed by atoms with Crippen molar-refractivity contribution in [2.45, 2.75) is 20.8 Å². The van der Waals surface area contributed by atoms with Gasteiger partial charge in [-0.2, -0.15) is 0 Å². The Kier molecular flexibility index (Phi) is 5.88. The molecular formula is C24H20O5. The van der Waals surface area contributed by atoms with E-state index in [-0.39, 0.29) is 22.8 Å². The summed E-state index contributed by atoms with van der Waals surface area (Å²) in [6.07, 6.45) is 0. The zero-order valence-electron chi connectivity index (χ0n) is 16.4. The highest BCUT2D eigenvalue weighted by Gasteiger charge is 2.17. The fourth-order valence-corrected chi connectivity index (χ4v) is 2.65. The largest absolute Gasteiger partial charge is 0.423 e. The van der Waals surface area contributed by atoms with E-state index in [1.54, 1.807) is 36.4 Å². The third-order valence-corrected chi connectivity index (χ3v) is 4.32. The van der Waals surface area contributed by atoms with Crippen LogP contribution >= 0.6 is 0 Å². The average Bonchev–Trinajstić information content (AvgIpc) is 2.69. The summed E-state index contributed by atoms with van der Waals surface area (Å²) in [6, 6.07) is 18.2. The van der Waals surface area contributed by atoms with Crippen LogP contribution in [0.3, 0.4) is 0 Å². The molecule has 0 amide bonds. The molecule has 0 atom stereocenters. The second-order valence-corrected chi connectivity index (χ2v) is 6.73. The Morgan fingerprint density at radius 3 is 1.62 bits per heavy atom. The molecule has 146 valence electrons. The number of esters is 2. The Hall–Kier alpha value is -3.73. The highest BCUT2D eigenvalue weighted by atomic mass is 16.5. The normalized spacial score (nSPS) is 10.3. The van der Waals surface area contributed by atoms with Crippen LogP contribution in [0.4, 0.5) is 0 Å². The van der Waals surface area contributed by atoms with Gasteiger partial charge in [0.2, 0.25) is 0 Å². The molecule has 0 N–H and O–H groups in total. The minimum atomic E-state index is -0.602. The van der Waals surface area contributed by atoms with Crippen LogP contribution in [0.5, 0.6) is 11.5 Å². The third kappa shape index (κ3) is 4.96. The van der Waals surface area contributed by atoms with Crippen LogP contribution in [0.1, 0.15) is 49.1 Å². The predicted octanol–water partition coefficient (Wildman–Crippen LogP) is 4.94. The van der Waals surface area contributed by atoms with Crippen molar-refractivity contribution in [3.8, 4) is 11.5 Å². The Morgan fingerprint density at radius 2 is 1.14 bits per heavy atom. The quantitative estimate of drug-likeness (QED) is 0.352. The first kappa shape index (κ1) is 20.0. The molecule has 0 spiro atoms. The second kappa shape index (κ2) is 8.52. The molecule has 3 aromatic rings. The van der Waals surface area contributed by atoms with Crippen molar-refractivity contribution in [3.63, 3.8) is 0 Å². The van der Waals surface area contributed by atoms with Crippen molar-refractivity contribution in [1.82, 2.24) is 0 Å². The molecule has 0 unspecified atom stereocenters. The van der Waals surface area contributed by atoms with Crippen LogP contribution in [0.2, 0.25) is 0 Å². The van der Waals surface area contributed by atoms with Gasteiger partial charge in [-0.1, -0.05) is 35.4 Å². The number of ether oxygens (including phenoxy) is 2. The molecule has 0 aliphatic rings.